The van der Waals surface area contributed by atoms with Crippen molar-refractivity contribution in [2.75, 3.05) is 33.3 Å². The Morgan fingerprint density at radius 1 is 1.26 bits per heavy atom. The predicted molar refractivity (Wildman–Crippen MR) is 128 cm³/mol. The normalized spacial score (nSPS) is 21.1. The molecule has 7 heteroatoms. The van der Waals surface area contributed by atoms with E-state index < -0.39 is 0 Å². The zero-order chi connectivity index (χ0) is 24.2. The molecular formula is C27H32FN3O3. The summed E-state index contributed by atoms with van der Waals surface area (Å²) in [5, 5.41) is 9.80. The molecule has 4 rings (SSSR count). The highest BCUT2D eigenvalue weighted by Gasteiger charge is 2.34. The zero-order valence-electron chi connectivity index (χ0n) is 20.0. The third-order valence-electron chi connectivity index (χ3n) is 6.46. The minimum absolute atomic E-state index is 0.0574. The SMILES string of the molecule is C[C@@H]1CN([C@H](C)CO)C(=O)c2cc(C#Cc3cccc(F)c3)cnc2O[C@@H]1CN(C)CC1CC1. The highest BCUT2D eigenvalue weighted by Crippen LogP contribution is 2.31. The number of rotatable bonds is 6. The van der Waals surface area contributed by atoms with Gasteiger partial charge in [0.2, 0.25) is 5.88 Å². The number of amides is 1. The summed E-state index contributed by atoms with van der Waals surface area (Å²) < 4.78 is 19.8. The number of ether oxygens (including phenoxy) is 1. The zero-order valence-corrected chi connectivity index (χ0v) is 20.0. The van der Waals surface area contributed by atoms with E-state index in [9.17, 15) is 14.3 Å². The van der Waals surface area contributed by atoms with Gasteiger partial charge in [-0.15, -0.1) is 0 Å². The van der Waals surface area contributed by atoms with E-state index >= 15 is 0 Å². The fourth-order valence-electron chi connectivity index (χ4n) is 4.22. The quantitative estimate of drug-likeness (QED) is 0.664. The molecule has 2 aliphatic rings. The molecule has 1 fully saturated rings. The molecule has 34 heavy (non-hydrogen) atoms. The van der Waals surface area contributed by atoms with Crippen LogP contribution in [0.5, 0.6) is 5.88 Å². The van der Waals surface area contributed by atoms with E-state index in [0.717, 1.165) is 19.0 Å². The molecule has 6 nitrogen and oxygen atoms in total. The van der Waals surface area contributed by atoms with Gasteiger partial charge in [0.15, 0.2) is 0 Å². The standard InChI is InChI=1S/C27H32FN3O3/c1-18-14-31(19(2)17-32)27(33)24-12-22(10-7-20-5-4-6-23(28)11-20)13-29-26(24)34-25(18)16-30(3)15-21-8-9-21/h4-6,11-13,18-19,21,25,32H,8-9,14-17H2,1-3H3/t18-,19-,25-/m1/s1. The first-order chi connectivity index (χ1) is 16.3. The number of aromatic nitrogens is 1. The summed E-state index contributed by atoms with van der Waals surface area (Å²) in [5.74, 6) is 6.41. The summed E-state index contributed by atoms with van der Waals surface area (Å²) >= 11 is 0. The lowest BCUT2D eigenvalue weighted by Crippen LogP contribution is -2.50. The fraction of sp³-hybridized carbons (Fsp3) is 0.481. The number of aliphatic hydroxyl groups excluding tert-OH is 1. The maximum absolute atomic E-state index is 13.5. The Morgan fingerprint density at radius 2 is 2.03 bits per heavy atom. The molecule has 2 aromatic rings. The van der Waals surface area contributed by atoms with Crippen molar-refractivity contribution < 1.29 is 19.0 Å². The second-order valence-electron chi connectivity index (χ2n) is 9.62. The van der Waals surface area contributed by atoms with Crippen molar-refractivity contribution in [2.45, 2.75) is 38.8 Å². The van der Waals surface area contributed by atoms with Crippen molar-refractivity contribution in [3.05, 3.63) is 59.0 Å². The van der Waals surface area contributed by atoms with E-state index in [-0.39, 0.29) is 42.3 Å². The number of carbonyl (C=O) groups is 1. The van der Waals surface area contributed by atoms with Crippen LogP contribution < -0.4 is 4.74 Å². The third-order valence-corrected chi connectivity index (χ3v) is 6.46. The second kappa shape index (κ2) is 10.5. The average Bonchev–Trinajstić information content (AvgIpc) is 3.63. The molecule has 1 aliphatic carbocycles. The maximum Gasteiger partial charge on any atom is 0.259 e. The van der Waals surface area contributed by atoms with Crippen molar-refractivity contribution in [2.24, 2.45) is 11.8 Å². The first-order valence-corrected chi connectivity index (χ1v) is 11.9. The second-order valence-corrected chi connectivity index (χ2v) is 9.62. The molecule has 0 radical (unpaired) electrons. The first kappa shape index (κ1) is 24.2. The molecule has 0 bridgehead atoms. The molecule has 1 aromatic carbocycles. The van der Waals surface area contributed by atoms with E-state index in [0.29, 0.717) is 23.2 Å². The molecule has 3 atom stereocenters. The number of aliphatic hydroxyl groups is 1. The molecule has 180 valence electrons. The Kier molecular flexibility index (Phi) is 7.50. The van der Waals surface area contributed by atoms with Crippen LogP contribution in [0.3, 0.4) is 0 Å². The van der Waals surface area contributed by atoms with E-state index in [1.54, 1.807) is 29.3 Å². The third kappa shape index (κ3) is 5.94. The van der Waals surface area contributed by atoms with Gasteiger partial charge in [0.25, 0.3) is 5.91 Å². The highest BCUT2D eigenvalue weighted by atomic mass is 19.1. The van der Waals surface area contributed by atoms with Gasteiger partial charge in [-0.2, -0.15) is 0 Å². The van der Waals surface area contributed by atoms with Gasteiger partial charge < -0.3 is 19.6 Å². The summed E-state index contributed by atoms with van der Waals surface area (Å²) in [6.07, 6.45) is 3.99. The van der Waals surface area contributed by atoms with Crippen LogP contribution in [0.15, 0.2) is 36.5 Å². The van der Waals surface area contributed by atoms with Gasteiger partial charge in [-0.1, -0.05) is 24.8 Å². The number of halogens is 1. The summed E-state index contributed by atoms with van der Waals surface area (Å²) in [7, 11) is 2.10. The van der Waals surface area contributed by atoms with Gasteiger partial charge in [0.05, 0.1) is 12.6 Å². The maximum atomic E-state index is 13.5. The first-order valence-electron chi connectivity index (χ1n) is 11.9. The monoisotopic (exact) mass is 465 g/mol. The molecule has 1 saturated carbocycles. The summed E-state index contributed by atoms with van der Waals surface area (Å²) in [4.78, 5) is 21.9. The Bertz CT molecular complexity index is 1090. The molecule has 1 aliphatic heterocycles. The van der Waals surface area contributed by atoms with E-state index in [2.05, 4.69) is 35.7 Å². The molecule has 1 N–H and O–H groups in total. The fourth-order valence-corrected chi connectivity index (χ4v) is 4.22. The lowest BCUT2D eigenvalue weighted by Gasteiger charge is -2.37. The summed E-state index contributed by atoms with van der Waals surface area (Å²) in [6, 6.07) is 7.38. The van der Waals surface area contributed by atoms with Crippen molar-refractivity contribution in [3.63, 3.8) is 0 Å². The smallest absolute Gasteiger partial charge is 0.259 e. The largest absolute Gasteiger partial charge is 0.472 e. The minimum Gasteiger partial charge on any atom is -0.472 e. The number of benzene rings is 1. The van der Waals surface area contributed by atoms with Crippen LogP contribution >= 0.6 is 0 Å². The number of hydrogen-bond donors (Lipinski definition) is 1. The van der Waals surface area contributed by atoms with Crippen molar-refractivity contribution >= 4 is 5.91 Å². The molecule has 1 aromatic heterocycles. The van der Waals surface area contributed by atoms with Crippen LogP contribution in [0.1, 0.15) is 48.2 Å². The van der Waals surface area contributed by atoms with Crippen LogP contribution in [0.25, 0.3) is 0 Å². The number of likely N-dealkylation sites (N-methyl/N-ethyl adjacent to an activating group) is 1. The Labute approximate surface area is 200 Å². The van der Waals surface area contributed by atoms with Gasteiger partial charge >= 0.3 is 0 Å². The molecule has 0 spiro atoms. The number of pyridine rings is 1. The van der Waals surface area contributed by atoms with Crippen LogP contribution in [-0.2, 0) is 0 Å². The predicted octanol–water partition coefficient (Wildman–Crippen LogP) is 3.18. The summed E-state index contributed by atoms with van der Waals surface area (Å²) in [6.45, 7) is 6.02. The van der Waals surface area contributed by atoms with Crippen molar-refractivity contribution in [3.8, 4) is 17.7 Å². The number of carbonyl (C=O) groups excluding carboxylic acids is 1. The summed E-state index contributed by atoms with van der Waals surface area (Å²) in [5.41, 5.74) is 1.40. The number of nitrogens with zero attached hydrogens (tertiary/aromatic N) is 3. The average molecular weight is 466 g/mol. The van der Waals surface area contributed by atoms with E-state index in [4.69, 9.17) is 4.74 Å². The number of hydrogen-bond acceptors (Lipinski definition) is 5. The molecule has 2 heterocycles. The van der Waals surface area contributed by atoms with Gasteiger partial charge in [-0.05, 0) is 57.0 Å². The van der Waals surface area contributed by atoms with Gasteiger partial charge in [0.1, 0.15) is 17.5 Å². The van der Waals surface area contributed by atoms with Gasteiger partial charge in [-0.25, -0.2) is 9.37 Å². The highest BCUT2D eigenvalue weighted by molar-refractivity contribution is 5.97. The molecule has 0 saturated heterocycles. The lowest BCUT2D eigenvalue weighted by molar-refractivity contribution is 0.0327. The topological polar surface area (TPSA) is 65.9 Å². The lowest BCUT2D eigenvalue weighted by atomic mass is 9.99. The van der Waals surface area contributed by atoms with E-state index in [1.807, 2.05) is 6.92 Å². The number of fused-ring (bicyclic) bond motifs is 1. The van der Waals surface area contributed by atoms with Crippen molar-refractivity contribution in [1.82, 2.24) is 14.8 Å². The van der Waals surface area contributed by atoms with Crippen LogP contribution in [0, 0.1) is 29.5 Å². The van der Waals surface area contributed by atoms with E-state index in [1.165, 1.54) is 25.0 Å². The minimum atomic E-state index is -0.355. The van der Waals surface area contributed by atoms with Crippen LogP contribution in [0.4, 0.5) is 4.39 Å². The van der Waals surface area contributed by atoms with Gasteiger partial charge in [-0.3, -0.25) is 4.79 Å². The Morgan fingerprint density at radius 3 is 2.74 bits per heavy atom. The Balaban J connectivity index is 1.64. The molecule has 0 unspecified atom stereocenters. The molecule has 1 amide bonds. The van der Waals surface area contributed by atoms with Crippen LogP contribution in [0.2, 0.25) is 0 Å². The van der Waals surface area contributed by atoms with Crippen LogP contribution in [-0.4, -0.2) is 71.2 Å². The Hall–Kier alpha value is -2.95. The molecular weight excluding hydrogens is 433 g/mol. The van der Waals surface area contributed by atoms with Gasteiger partial charge in [0, 0.05) is 42.9 Å². The van der Waals surface area contributed by atoms with Crippen molar-refractivity contribution in [1.29, 1.82) is 0 Å².